The molecule has 0 fully saturated rings. The molecule has 0 heterocycles. The second kappa shape index (κ2) is 9.71. The van der Waals surface area contributed by atoms with Crippen LogP contribution in [0.15, 0.2) is 83.8 Å². The van der Waals surface area contributed by atoms with E-state index in [1.165, 1.54) is 28.7 Å². The fraction of sp³-hybridized carbons (Fsp3) is 0.0870. The Morgan fingerprint density at radius 2 is 1.86 bits per heavy atom. The lowest BCUT2D eigenvalue weighted by Crippen LogP contribution is -2.09. The molecule has 1 amide bonds. The quantitative estimate of drug-likeness (QED) is 0.232. The highest BCUT2D eigenvalue weighted by Crippen LogP contribution is 2.25. The molecule has 29 heavy (non-hydrogen) atoms. The van der Waals surface area contributed by atoms with E-state index in [0.717, 1.165) is 17.0 Å². The summed E-state index contributed by atoms with van der Waals surface area (Å²) >= 11 is 1.76. The van der Waals surface area contributed by atoms with Gasteiger partial charge in [0.15, 0.2) is 0 Å². The molecule has 0 unspecified atom stereocenters. The monoisotopic (exact) mass is 404 g/mol. The number of hydrogen-bond donors (Lipinski definition) is 1. The number of aryl methyl sites for hydroxylation is 1. The molecule has 0 spiro atoms. The predicted molar refractivity (Wildman–Crippen MR) is 118 cm³/mol. The predicted octanol–water partition coefficient (Wildman–Crippen LogP) is 5.85. The van der Waals surface area contributed by atoms with Crippen molar-refractivity contribution in [1.29, 1.82) is 0 Å². The molecule has 3 rings (SSSR count). The zero-order valence-corrected chi connectivity index (χ0v) is 16.7. The number of nitrogens with one attached hydrogen (secondary N) is 1. The molecular formula is C23H20N2O3S. The van der Waals surface area contributed by atoms with Gasteiger partial charge in [0.1, 0.15) is 0 Å². The zero-order valence-electron chi connectivity index (χ0n) is 15.9. The van der Waals surface area contributed by atoms with Crippen LogP contribution in [0, 0.1) is 17.0 Å². The molecule has 0 atom stereocenters. The summed E-state index contributed by atoms with van der Waals surface area (Å²) in [6.45, 7) is 1.95. The van der Waals surface area contributed by atoms with Gasteiger partial charge < -0.3 is 5.32 Å². The minimum absolute atomic E-state index is 0.00707. The van der Waals surface area contributed by atoms with Crippen molar-refractivity contribution in [3.63, 3.8) is 0 Å². The number of thioether (sulfide) groups is 1. The summed E-state index contributed by atoms with van der Waals surface area (Å²) in [4.78, 5) is 23.8. The summed E-state index contributed by atoms with van der Waals surface area (Å²) in [5.74, 6) is 0.567. The molecule has 3 aromatic rings. The minimum atomic E-state index is -0.460. The Labute approximate surface area is 173 Å². The first-order chi connectivity index (χ1) is 14.0. The third-order valence-corrected chi connectivity index (χ3v) is 5.29. The number of nitro benzene ring substituents is 1. The highest BCUT2D eigenvalue weighted by molar-refractivity contribution is 7.98. The van der Waals surface area contributed by atoms with E-state index in [4.69, 9.17) is 0 Å². The fourth-order valence-electron chi connectivity index (χ4n) is 2.73. The summed E-state index contributed by atoms with van der Waals surface area (Å²) in [5.41, 5.74) is 3.49. The van der Waals surface area contributed by atoms with Gasteiger partial charge in [-0.2, -0.15) is 0 Å². The van der Waals surface area contributed by atoms with Crippen LogP contribution in [0.5, 0.6) is 0 Å². The van der Waals surface area contributed by atoms with Crippen molar-refractivity contribution in [3.8, 4) is 0 Å². The second-order valence-corrected chi connectivity index (χ2v) is 7.47. The third kappa shape index (κ3) is 6.05. The summed E-state index contributed by atoms with van der Waals surface area (Å²) < 4.78 is 0. The van der Waals surface area contributed by atoms with Gasteiger partial charge in [-0.3, -0.25) is 14.9 Å². The van der Waals surface area contributed by atoms with Crippen LogP contribution in [0.2, 0.25) is 0 Å². The van der Waals surface area contributed by atoms with Crippen LogP contribution in [0.3, 0.4) is 0 Å². The molecular weight excluding hydrogens is 384 g/mol. The van der Waals surface area contributed by atoms with E-state index >= 15 is 0 Å². The molecule has 0 aliphatic rings. The maximum Gasteiger partial charge on any atom is 0.270 e. The fourth-order valence-corrected chi connectivity index (χ4v) is 3.59. The Morgan fingerprint density at radius 1 is 1.07 bits per heavy atom. The summed E-state index contributed by atoms with van der Waals surface area (Å²) in [6, 6.07) is 22.3. The van der Waals surface area contributed by atoms with E-state index in [1.54, 1.807) is 30.0 Å². The number of hydrogen-bond acceptors (Lipinski definition) is 4. The van der Waals surface area contributed by atoms with E-state index in [0.29, 0.717) is 5.56 Å². The number of nitrogens with zero attached hydrogens (tertiary/aromatic N) is 1. The van der Waals surface area contributed by atoms with Crippen molar-refractivity contribution in [1.82, 2.24) is 0 Å². The number of anilines is 1. The Balaban J connectivity index is 1.60. The minimum Gasteiger partial charge on any atom is -0.322 e. The molecule has 3 aromatic carbocycles. The second-order valence-electron chi connectivity index (χ2n) is 6.43. The SMILES string of the molecule is Cc1cc(CSc2ccccc2)ccc1NC(=O)C=Cc1cccc([N+](=O)[O-])c1. The molecule has 0 aromatic heterocycles. The van der Waals surface area contributed by atoms with Crippen LogP contribution < -0.4 is 5.32 Å². The first-order valence-corrected chi connectivity index (χ1v) is 10.0. The zero-order chi connectivity index (χ0) is 20.6. The number of nitro groups is 1. The van der Waals surface area contributed by atoms with E-state index < -0.39 is 4.92 Å². The maximum absolute atomic E-state index is 12.2. The summed E-state index contributed by atoms with van der Waals surface area (Å²) in [6.07, 6.45) is 2.93. The van der Waals surface area contributed by atoms with Gasteiger partial charge in [0.05, 0.1) is 4.92 Å². The lowest BCUT2D eigenvalue weighted by atomic mass is 10.1. The van der Waals surface area contributed by atoms with Gasteiger partial charge >= 0.3 is 0 Å². The Morgan fingerprint density at radius 3 is 2.59 bits per heavy atom. The first-order valence-electron chi connectivity index (χ1n) is 9.02. The van der Waals surface area contributed by atoms with Crippen molar-refractivity contribution in [2.45, 2.75) is 17.6 Å². The number of non-ortho nitro benzene ring substituents is 1. The Bertz CT molecular complexity index is 1050. The molecule has 0 radical (unpaired) electrons. The maximum atomic E-state index is 12.2. The van der Waals surface area contributed by atoms with Gasteiger partial charge in [-0.05, 0) is 47.9 Å². The highest BCUT2D eigenvalue weighted by atomic mass is 32.2. The van der Waals surface area contributed by atoms with Crippen molar-refractivity contribution in [2.75, 3.05) is 5.32 Å². The molecule has 1 N–H and O–H groups in total. The van der Waals surface area contributed by atoms with Gasteiger partial charge in [0, 0.05) is 34.5 Å². The standard InChI is InChI=1S/C23H20N2O3S/c1-17-14-19(16-29-21-8-3-2-4-9-21)10-12-22(17)24-23(26)13-11-18-6-5-7-20(15-18)25(27)28/h2-15H,16H2,1H3,(H,24,26). The van der Waals surface area contributed by atoms with E-state index in [9.17, 15) is 14.9 Å². The van der Waals surface area contributed by atoms with E-state index in [1.807, 2.05) is 37.3 Å². The number of rotatable bonds is 7. The average molecular weight is 404 g/mol. The molecule has 5 nitrogen and oxygen atoms in total. The number of amides is 1. The molecule has 6 heteroatoms. The topological polar surface area (TPSA) is 72.2 Å². The van der Waals surface area contributed by atoms with Crippen LogP contribution in [0.1, 0.15) is 16.7 Å². The van der Waals surface area contributed by atoms with Crippen LogP contribution in [-0.2, 0) is 10.5 Å². The van der Waals surface area contributed by atoms with Gasteiger partial charge in [-0.1, -0.05) is 42.5 Å². The van der Waals surface area contributed by atoms with Gasteiger partial charge in [-0.15, -0.1) is 11.8 Å². The molecule has 0 saturated heterocycles. The third-order valence-electron chi connectivity index (χ3n) is 4.21. The molecule has 0 saturated carbocycles. The highest BCUT2D eigenvalue weighted by Gasteiger charge is 2.06. The van der Waals surface area contributed by atoms with E-state index in [-0.39, 0.29) is 11.6 Å². The number of carbonyl (C=O) groups excluding carboxylic acids is 1. The molecule has 0 bridgehead atoms. The smallest absolute Gasteiger partial charge is 0.270 e. The van der Waals surface area contributed by atoms with Gasteiger partial charge in [-0.25, -0.2) is 0 Å². The van der Waals surface area contributed by atoms with Crippen molar-refractivity contribution >= 4 is 35.1 Å². The normalized spacial score (nSPS) is 10.8. The van der Waals surface area contributed by atoms with Gasteiger partial charge in [0.25, 0.3) is 5.69 Å². The summed E-state index contributed by atoms with van der Waals surface area (Å²) in [7, 11) is 0. The van der Waals surface area contributed by atoms with E-state index in [2.05, 4.69) is 23.5 Å². The average Bonchev–Trinajstić information content (AvgIpc) is 2.73. The van der Waals surface area contributed by atoms with Crippen LogP contribution >= 0.6 is 11.8 Å². The largest absolute Gasteiger partial charge is 0.322 e. The summed E-state index contributed by atoms with van der Waals surface area (Å²) in [5, 5.41) is 13.7. The van der Waals surface area contributed by atoms with Crippen LogP contribution in [-0.4, -0.2) is 10.8 Å². The molecule has 0 aliphatic carbocycles. The van der Waals surface area contributed by atoms with Gasteiger partial charge in [0.2, 0.25) is 5.91 Å². The Hall–Kier alpha value is -3.38. The van der Waals surface area contributed by atoms with Crippen LogP contribution in [0.4, 0.5) is 11.4 Å². The Kier molecular flexibility index (Phi) is 6.81. The van der Waals surface area contributed by atoms with Crippen molar-refractivity contribution < 1.29 is 9.72 Å². The molecule has 0 aliphatic heterocycles. The lowest BCUT2D eigenvalue weighted by Gasteiger charge is -2.09. The number of benzene rings is 3. The lowest BCUT2D eigenvalue weighted by molar-refractivity contribution is -0.384. The number of carbonyl (C=O) groups is 1. The van der Waals surface area contributed by atoms with Crippen molar-refractivity contribution in [2.24, 2.45) is 0 Å². The van der Waals surface area contributed by atoms with Crippen molar-refractivity contribution in [3.05, 3.63) is 106 Å². The van der Waals surface area contributed by atoms with Crippen LogP contribution in [0.25, 0.3) is 6.08 Å². The first kappa shape index (κ1) is 20.4. The molecule has 146 valence electrons.